The van der Waals surface area contributed by atoms with Crippen molar-refractivity contribution in [1.82, 2.24) is 14.5 Å². The molecule has 2 aromatic rings. The second-order valence-electron chi connectivity index (χ2n) is 5.35. The predicted molar refractivity (Wildman–Crippen MR) is 76.2 cm³/mol. The van der Waals surface area contributed by atoms with Gasteiger partial charge >= 0.3 is 0 Å². The summed E-state index contributed by atoms with van der Waals surface area (Å²) < 4.78 is 6.97. The van der Waals surface area contributed by atoms with Gasteiger partial charge in [-0.1, -0.05) is 13.8 Å². The molecule has 1 amide bonds. The molecule has 108 valence electrons. The van der Waals surface area contributed by atoms with Crippen LogP contribution >= 0.6 is 0 Å². The number of likely N-dealkylation sites (N-methyl/N-ethyl adjacent to an activating group) is 1. The molecule has 0 aliphatic rings. The lowest BCUT2D eigenvalue weighted by Crippen LogP contribution is -2.33. The fourth-order valence-corrected chi connectivity index (χ4v) is 2.27. The number of imidazole rings is 1. The third kappa shape index (κ3) is 2.92. The zero-order valence-electron chi connectivity index (χ0n) is 12.4. The summed E-state index contributed by atoms with van der Waals surface area (Å²) >= 11 is 0. The van der Waals surface area contributed by atoms with E-state index in [1.165, 1.54) is 0 Å². The topological polar surface area (TPSA) is 51.3 Å². The zero-order valence-corrected chi connectivity index (χ0v) is 12.4. The van der Waals surface area contributed by atoms with E-state index in [0.717, 1.165) is 11.4 Å². The number of furan rings is 1. The van der Waals surface area contributed by atoms with E-state index in [9.17, 15) is 4.79 Å². The van der Waals surface area contributed by atoms with Gasteiger partial charge in [-0.2, -0.15) is 0 Å². The Bertz CT molecular complexity index is 557. The van der Waals surface area contributed by atoms with E-state index in [1.807, 2.05) is 23.8 Å². The molecule has 0 aliphatic heterocycles. The molecule has 0 aliphatic carbocycles. The molecule has 0 N–H and O–H groups in total. The van der Waals surface area contributed by atoms with Crippen molar-refractivity contribution in [1.29, 1.82) is 0 Å². The number of amides is 1. The van der Waals surface area contributed by atoms with Gasteiger partial charge in [0.1, 0.15) is 11.9 Å². The first kappa shape index (κ1) is 14.4. The summed E-state index contributed by atoms with van der Waals surface area (Å²) in [7, 11) is 1.80. The molecule has 0 spiro atoms. The molecule has 20 heavy (non-hydrogen) atoms. The first-order valence-corrected chi connectivity index (χ1v) is 6.79. The van der Waals surface area contributed by atoms with Crippen molar-refractivity contribution in [3.05, 3.63) is 42.4 Å². The SMILES string of the molecule is CC(C)c1nccn1[C@@H](C)C(=O)N(C)Cc1ccoc1. The molecule has 0 saturated carbocycles. The molecule has 1 atom stereocenters. The van der Waals surface area contributed by atoms with Gasteiger partial charge in [-0.15, -0.1) is 0 Å². The highest BCUT2D eigenvalue weighted by molar-refractivity contribution is 5.79. The van der Waals surface area contributed by atoms with E-state index < -0.39 is 0 Å². The Kier molecular flexibility index (Phi) is 4.27. The fraction of sp³-hybridized carbons (Fsp3) is 0.467. The average Bonchev–Trinajstić information content (AvgIpc) is 3.07. The highest BCUT2D eigenvalue weighted by Gasteiger charge is 2.22. The quantitative estimate of drug-likeness (QED) is 0.843. The molecule has 5 nitrogen and oxygen atoms in total. The summed E-state index contributed by atoms with van der Waals surface area (Å²) in [4.78, 5) is 18.5. The van der Waals surface area contributed by atoms with Gasteiger partial charge in [-0.05, 0) is 13.0 Å². The predicted octanol–water partition coefficient (Wildman–Crippen LogP) is 2.82. The highest BCUT2D eigenvalue weighted by atomic mass is 16.3. The Morgan fingerprint density at radius 1 is 1.45 bits per heavy atom. The molecule has 0 aromatic carbocycles. The molecular weight excluding hydrogens is 254 g/mol. The average molecular weight is 275 g/mol. The third-order valence-electron chi connectivity index (χ3n) is 3.37. The zero-order chi connectivity index (χ0) is 14.7. The van der Waals surface area contributed by atoms with Crippen molar-refractivity contribution in [2.75, 3.05) is 7.05 Å². The minimum absolute atomic E-state index is 0.0612. The highest BCUT2D eigenvalue weighted by Crippen LogP contribution is 2.19. The number of carbonyl (C=O) groups is 1. The Labute approximate surface area is 119 Å². The molecule has 0 unspecified atom stereocenters. The number of carbonyl (C=O) groups excluding carboxylic acids is 1. The number of nitrogens with zero attached hydrogens (tertiary/aromatic N) is 3. The van der Waals surface area contributed by atoms with E-state index in [2.05, 4.69) is 18.8 Å². The lowest BCUT2D eigenvalue weighted by molar-refractivity contribution is -0.133. The van der Waals surface area contributed by atoms with Gasteiger partial charge in [-0.3, -0.25) is 4.79 Å². The van der Waals surface area contributed by atoms with Crippen LogP contribution in [-0.4, -0.2) is 27.4 Å². The van der Waals surface area contributed by atoms with Gasteiger partial charge in [0.25, 0.3) is 0 Å². The molecule has 0 radical (unpaired) electrons. The van der Waals surface area contributed by atoms with E-state index in [0.29, 0.717) is 12.5 Å². The molecule has 5 heteroatoms. The van der Waals surface area contributed by atoms with Crippen LogP contribution in [0.2, 0.25) is 0 Å². The van der Waals surface area contributed by atoms with Crippen LogP contribution in [0, 0.1) is 0 Å². The summed E-state index contributed by atoms with van der Waals surface area (Å²) in [6, 6.07) is 1.61. The summed E-state index contributed by atoms with van der Waals surface area (Å²) in [5, 5.41) is 0. The van der Waals surface area contributed by atoms with Crippen LogP contribution in [0.4, 0.5) is 0 Å². The van der Waals surface area contributed by atoms with Gasteiger partial charge in [0, 0.05) is 37.5 Å². The standard InChI is InChI=1S/C15H21N3O2/c1-11(2)14-16-6-7-18(14)12(3)15(19)17(4)9-13-5-8-20-10-13/h5-8,10-12H,9H2,1-4H3/t12-/m0/s1. The maximum atomic E-state index is 12.5. The summed E-state index contributed by atoms with van der Waals surface area (Å²) in [5.41, 5.74) is 0.989. The molecule has 2 heterocycles. The number of hydrogen-bond donors (Lipinski definition) is 0. The molecule has 2 aromatic heterocycles. The van der Waals surface area contributed by atoms with E-state index in [1.54, 1.807) is 30.7 Å². The Hall–Kier alpha value is -2.04. The van der Waals surface area contributed by atoms with Crippen LogP contribution in [0.5, 0.6) is 0 Å². The number of rotatable bonds is 5. The first-order chi connectivity index (χ1) is 9.50. The van der Waals surface area contributed by atoms with Crippen molar-refractivity contribution >= 4 is 5.91 Å². The van der Waals surface area contributed by atoms with Gasteiger partial charge in [0.15, 0.2) is 0 Å². The normalized spacial score (nSPS) is 12.7. The van der Waals surface area contributed by atoms with Crippen LogP contribution in [0.15, 0.2) is 35.4 Å². The third-order valence-corrected chi connectivity index (χ3v) is 3.37. The lowest BCUT2D eigenvalue weighted by atomic mass is 10.2. The second kappa shape index (κ2) is 5.94. The van der Waals surface area contributed by atoms with E-state index in [4.69, 9.17) is 4.42 Å². The van der Waals surface area contributed by atoms with Gasteiger partial charge < -0.3 is 13.9 Å². The van der Waals surface area contributed by atoms with Crippen LogP contribution in [0.3, 0.4) is 0 Å². The summed E-state index contributed by atoms with van der Waals surface area (Å²) in [6.45, 7) is 6.60. The van der Waals surface area contributed by atoms with E-state index in [-0.39, 0.29) is 11.9 Å². The second-order valence-corrected chi connectivity index (χ2v) is 5.35. The number of hydrogen-bond acceptors (Lipinski definition) is 3. The van der Waals surface area contributed by atoms with Crippen molar-refractivity contribution in [3.8, 4) is 0 Å². The molecule has 0 saturated heterocycles. The monoisotopic (exact) mass is 275 g/mol. The largest absolute Gasteiger partial charge is 0.472 e. The minimum atomic E-state index is -0.258. The first-order valence-electron chi connectivity index (χ1n) is 6.79. The van der Waals surface area contributed by atoms with Gasteiger partial charge in [-0.25, -0.2) is 4.98 Å². The minimum Gasteiger partial charge on any atom is -0.472 e. The number of aromatic nitrogens is 2. The smallest absolute Gasteiger partial charge is 0.245 e. The Morgan fingerprint density at radius 3 is 2.80 bits per heavy atom. The molecule has 2 rings (SSSR count). The van der Waals surface area contributed by atoms with Crippen molar-refractivity contribution < 1.29 is 9.21 Å². The molecular formula is C15H21N3O2. The van der Waals surface area contributed by atoms with Crippen LogP contribution in [0.25, 0.3) is 0 Å². The maximum Gasteiger partial charge on any atom is 0.245 e. The summed E-state index contributed by atoms with van der Waals surface area (Å²) in [6.07, 6.45) is 6.88. The van der Waals surface area contributed by atoms with Crippen LogP contribution in [0.1, 0.15) is 44.1 Å². The Balaban J connectivity index is 2.09. The lowest BCUT2D eigenvalue weighted by Gasteiger charge is -2.23. The van der Waals surface area contributed by atoms with Crippen LogP contribution < -0.4 is 0 Å². The van der Waals surface area contributed by atoms with Gasteiger partial charge in [0.2, 0.25) is 5.91 Å². The van der Waals surface area contributed by atoms with Crippen molar-refractivity contribution in [3.63, 3.8) is 0 Å². The fourth-order valence-electron chi connectivity index (χ4n) is 2.27. The molecule has 0 fully saturated rings. The van der Waals surface area contributed by atoms with Gasteiger partial charge in [0.05, 0.1) is 12.5 Å². The van der Waals surface area contributed by atoms with Crippen molar-refractivity contribution in [2.45, 2.75) is 39.3 Å². The maximum absolute atomic E-state index is 12.5. The molecule has 0 bridgehead atoms. The van der Waals surface area contributed by atoms with Crippen molar-refractivity contribution in [2.24, 2.45) is 0 Å². The van der Waals surface area contributed by atoms with E-state index >= 15 is 0 Å². The van der Waals surface area contributed by atoms with Crippen LogP contribution in [-0.2, 0) is 11.3 Å². The Morgan fingerprint density at radius 2 is 2.20 bits per heavy atom. The summed E-state index contributed by atoms with van der Waals surface area (Å²) in [5.74, 6) is 1.29.